The predicted molar refractivity (Wildman–Crippen MR) is 106 cm³/mol. The maximum absolute atomic E-state index is 6.01. The molecular formula is C22H26O4S. The topological polar surface area (TPSA) is 43.5 Å². The number of ether oxygens (including phenoxy) is 4. The molecule has 0 amide bonds. The van der Waals surface area contributed by atoms with Crippen molar-refractivity contribution in [3.63, 3.8) is 0 Å². The molecule has 2 aliphatic rings. The molecule has 2 heterocycles. The van der Waals surface area contributed by atoms with Crippen molar-refractivity contribution in [1.29, 1.82) is 0 Å². The third-order valence-corrected chi connectivity index (χ3v) is 5.97. The van der Waals surface area contributed by atoms with Crippen LogP contribution in [0.5, 0.6) is 11.5 Å². The van der Waals surface area contributed by atoms with Gasteiger partial charge < -0.3 is 18.9 Å². The lowest BCUT2D eigenvalue weighted by Crippen LogP contribution is -2.07. The van der Waals surface area contributed by atoms with Gasteiger partial charge in [-0.3, -0.25) is 0 Å². The first-order valence-electron chi connectivity index (χ1n) is 9.68. The average Bonchev–Trinajstić information content (AvgIpc) is 3.60. The Bertz CT molecular complexity index is 718. The lowest BCUT2D eigenvalue weighted by atomic mass is 10.1. The molecule has 0 aromatic heterocycles. The normalized spacial score (nSPS) is 20.4. The van der Waals surface area contributed by atoms with Gasteiger partial charge in [-0.25, -0.2) is 0 Å². The predicted octanol–water partition coefficient (Wildman–Crippen LogP) is 4.52. The summed E-state index contributed by atoms with van der Waals surface area (Å²) < 4.78 is 22.5. The van der Waals surface area contributed by atoms with E-state index in [-0.39, 0.29) is 12.2 Å². The minimum atomic E-state index is 0.266. The van der Waals surface area contributed by atoms with Crippen LogP contribution in [0.25, 0.3) is 0 Å². The molecule has 2 fully saturated rings. The van der Waals surface area contributed by atoms with E-state index in [1.54, 1.807) is 11.8 Å². The first kappa shape index (κ1) is 18.7. The molecule has 2 saturated heterocycles. The second-order valence-corrected chi connectivity index (χ2v) is 7.89. The largest absolute Gasteiger partial charge is 0.490 e. The summed E-state index contributed by atoms with van der Waals surface area (Å²) in [5.41, 5.74) is 2.51. The Morgan fingerprint density at radius 2 is 1.26 bits per heavy atom. The molecule has 0 aliphatic carbocycles. The summed E-state index contributed by atoms with van der Waals surface area (Å²) in [5, 5.41) is 0. The van der Waals surface area contributed by atoms with Gasteiger partial charge in [0.2, 0.25) is 0 Å². The summed E-state index contributed by atoms with van der Waals surface area (Å²) in [7, 11) is 0. The Morgan fingerprint density at radius 1 is 0.815 bits per heavy atom. The van der Waals surface area contributed by atoms with Crippen LogP contribution in [0, 0.1) is 0 Å². The smallest absolute Gasteiger partial charge is 0.123 e. The molecule has 0 saturated carbocycles. The summed E-state index contributed by atoms with van der Waals surface area (Å²) in [6.45, 7) is 7.25. The van der Waals surface area contributed by atoms with Gasteiger partial charge in [0.1, 0.15) is 36.9 Å². The van der Waals surface area contributed by atoms with E-state index in [0.29, 0.717) is 13.2 Å². The van der Waals surface area contributed by atoms with Crippen LogP contribution in [-0.2, 0) is 22.3 Å². The van der Waals surface area contributed by atoms with Crippen LogP contribution in [0.2, 0.25) is 0 Å². The number of hydrogen-bond acceptors (Lipinski definition) is 5. The van der Waals surface area contributed by atoms with E-state index in [9.17, 15) is 0 Å². The van der Waals surface area contributed by atoms with Gasteiger partial charge in [-0.2, -0.15) is 0 Å². The Morgan fingerprint density at radius 3 is 1.63 bits per heavy atom. The van der Waals surface area contributed by atoms with Crippen molar-refractivity contribution >= 4 is 11.8 Å². The Balaban J connectivity index is 1.55. The first-order valence-corrected chi connectivity index (χ1v) is 10.5. The van der Waals surface area contributed by atoms with Crippen molar-refractivity contribution < 1.29 is 18.9 Å². The summed E-state index contributed by atoms with van der Waals surface area (Å²) in [4.78, 5) is 2.48. The average molecular weight is 387 g/mol. The van der Waals surface area contributed by atoms with Crippen molar-refractivity contribution in [3.8, 4) is 11.5 Å². The van der Waals surface area contributed by atoms with Gasteiger partial charge in [0.15, 0.2) is 0 Å². The molecule has 2 aromatic carbocycles. The van der Waals surface area contributed by atoms with Gasteiger partial charge >= 0.3 is 0 Å². The lowest BCUT2D eigenvalue weighted by molar-refractivity contribution is 0.260. The molecule has 4 rings (SSSR count). The molecule has 2 aromatic rings. The van der Waals surface area contributed by atoms with Crippen molar-refractivity contribution in [1.82, 2.24) is 0 Å². The van der Waals surface area contributed by atoms with Gasteiger partial charge in [0.25, 0.3) is 0 Å². The zero-order valence-corrected chi connectivity index (χ0v) is 16.7. The lowest BCUT2D eigenvalue weighted by Gasteiger charge is -2.17. The van der Waals surface area contributed by atoms with Gasteiger partial charge in [-0.1, -0.05) is 37.7 Å². The van der Waals surface area contributed by atoms with Gasteiger partial charge in [-0.15, -0.1) is 0 Å². The minimum absolute atomic E-state index is 0.266. The number of epoxide rings is 2. The third-order valence-electron chi connectivity index (χ3n) is 4.76. The molecule has 0 radical (unpaired) electrons. The monoisotopic (exact) mass is 386 g/mol. The van der Waals surface area contributed by atoms with Gasteiger partial charge in [0, 0.05) is 20.9 Å². The fourth-order valence-corrected chi connectivity index (χ4v) is 4.33. The van der Waals surface area contributed by atoms with Gasteiger partial charge in [0.05, 0.1) is 13.2 Å². The maximum atomic E-state index is 6.01. The van der Waals surface area contributed by atoms with Crippen LogP contribution >= 0.6 is 11.8 Å². The van der Waals surface area contributed by atoms with Crippen LogP contribution in [0.1, 0.15) is 25.0 Å². The number of rotatable bonds is 10. The van der Waals surface area contributed by atoms with Crippen molar-refractivity contribution in [2.75, 3.05) is 26.4 Å². The zero-order chi connectivity index (χ0) is 18.6. The standard InChI is InChI=1S/C22H26O4S/c1-3-17-19(25-13-15-11-23-15)7-5-9-21(17)27-22-10-6-8-20(18(22)4-2)26-14-16-12-24-16/h5-10,15-16H,3-4,11-14H2,1-2H3. The van der Waals surface area contributed by atoms with Crippen LogP contribution < -0.4 is 9.47 Å². The first-order chi connectivity index (χ1) is 13.3. The number of hydrogen-bond donors (Lipinski definition) is 0. The highest BCUT2D eigenvalue weighted by atomic mass is 32.2. The molecule has 4 nitrogen and oxygen atoms in total. The fourth-order valence-electron chi connectivity index (χ4n) is 3.06. The second-order valence-electron chi connectivity index (χ2n) is 6.81. The van der Waals surface area contributed by atoms with Crippen LogP contribution in [-0.4, -0.2) is 38.6 Å². The Hall–Kier alpha value is -1.69. The molecule has 2 atom stereocenters. The van der Waals surface area contributed by atoms with E-state index in [1.165, 1.54) is 20.9 Å². The Kier molecular flexibility index (Phi) is 5.91. The molecule has 5 heteroatoms. The van der Waals surface area contributed by atoms with E-state index >= 15 is 0 Å². The molecule has 0 spiro atoms. The van der Waals surface area contributed by atoms with Crippen molar-refractivity contribution in [2.45, 2.75) is 48.7 Å². The van der Waals surface area contributed by atoms with Crippen LogP contribution in [0.15, 0.2) is 46.2 Å². The van der Waals surface area contributed by atoms with Crippen LogP contribution in [0.3, 0.4) is 0 Å². The third kappa shape index (κ3) is 4.78. The highest BCUT2D eigenvalue weighted by Crippen LogP contribution is 2.39. The second kappa shape index (κ2) is 8.55. The number of benzene rings is 2. The van der Waals surface area contributed by atoms with E-state index in [1.807, 2.05) is 0 Å². The summed E-state index contributed by atoms with van der Waals surface area (Å²) in [5.74, 6) is 1.93. The van der Waals surface area contributed by atoms with Gasteiger partial charge in [-0.05, 0) is 37.1 Å². The van der Waals surface area contributed by atoms with E-state index in [2.05, 4.69) is 50.2 Å². The fraction of sp³-hybridized carbons (Fsp3) is 0.455. The minimum Gasteiger partial charge on any atom is -0.490 e. The maximum Gasteiger partial charge on any atom is 0.123 e. The summed E-state index contributed by atoms with van der Waals surface area (Å²) in [6, 6.07) is 12.6. The molecule has 27 heavy (non-hydrogen) atoms. The van der Waals surface area contributed by atoms with Crippen LogP contribution in [0.4, 0.5) is 0 Å². The highest BCUT2D eigenvalue weighted by Gasteiger charge is 2.25. The van der Waals surface area contributed by atoms with E-state index in [4.69, 9.17) is 18.9 Å². The quantitative estimate of drug-likeness (QED) is 0.562. The van der Waals surface area contributed by atoms with E-state index in [0.717, 1.165) is 37.6 Å². The van der Waals surface area contributed by atoms with Crippen molar-refractivity contribution in [2.24, 2.45) is 0 Å². The van der Waals surface area contributed by atoms with E-state index < -0.39 is 0 Å². The molecular weight excluding hydrogens is 360 g/mol. The molecule has 0 N–H and O–H groups in total. The summed E-state index contributed by atoms with van der Waals surface area (Å²) in [6.07, 6.45) is 2.39. The molecule has 0 bridgehead atoms. The molecule has 144 valence electrons. The summed E-state index contributed by atoms with van der Waals surface area (Å²) >= 11 is 1.80. The highest BCUT2D eigenvalue weighted by molar-refractivity contribution is 7.99. The molecule has 2 unspecified atom stereocenters. The Labute approximate surface area is 165 Å². The zero-order valence-electron chi connectivity index (χ0n) is 15.9. The van der Waals surface area contributed by atoms with Crippen molar-refractivity contribution in [3.05, 3.63) is 47.5 Å². The molecule has 2 aliphatic heterocycles. The SMILES string of the molecule is CCc1c(OCC2CO2)cccc1Sc1cccc(OCC2CO2)c1CC.